The van der Waals surface area contributed by atoms with Crippen molar-refractivity contribution in [1.29, 1.82) is 0 Å². The van der Waals surface area contributed by atoms with E-state index in [-0.39, 0.29) is 11.8 Å². The van der Waals surface area contributed by atoms with Crippen molar-refractivity contribution >= 4 is 17.4 Å². The second-order valence-corrected chi connectivity index (χ2v) is 5.98. The average molecular weight is 327 g/mol. The van der Waals surface area contributed by atoms with Crippen molar-refractivity contribution < 1.29 is 9.18 Å². The van der Waals surface area contributed by atoms with Crippen LogP contribution < -0.4 is 15.5 Å². The number of rotatable bonds is 5. The summed E-state index contributed by atoms with van der Waals surface area (Å²) in [5.74, 6) is -0.293. The SMILES string of the molecule is O=C(NCCc1ccccc1)Nc1ccc(N2CCCC2)c(F)c1. The van der Waals surface area contributed by atoms with E-state index in [1.165, 1.54) is 11.6 Å². The predicted octanol–water partition coefficient (Wildman–Crippen LogP) is 3.79. The van der Waals surface area contributed by atoms with Gasteiger partial charge in [0, 0.05) is 25.3 Å². The van der Waals surface area contributed by atoms with Gasteiger partial charge in [-0.1, -0.05) is 30.3 Å². The summed E-state index contributed by atoms with van der Waals surface area (Å²) in [6.45, 7) is 2.32. The Kier molecular flexibility index (Phi) is 5.31. The van der Waals surface area contributed by atoms with Gasteiger partial charge in [0.1, 0.15) is 5.82 Å². The average Bonchev–Trinajstić information content (AvgIpc) is 3.10. The Hall–Kier alpha value is -2.56. The molecule has 5 heteroatoms. The van der Waals surface area contributed by atoms with Gasteiger partial charge in [-0.25, -0.2) is 9.18 Å². The van der Waals surface area contributed by atoms with Crippen LogP contribution in [0.5, 0.6) is 0 Å². The fraction of sp³-hybridized carbons (Fsp3) is 0.316. The minimum atomic E-state index is -0.320. The van der Waals surface area contributed by atoms with Crippen molar-refractivity contribution in [3.63, 3.8) is 0 Å². The topological polar surface area (TPSA) is 44.4 Å². The van der Waals surface area contributed by atoms with Crippen LogP contribution in [-0.2, 0) is 6.42 Å². The molecule has 0 atom stereocenters. The highest BCUT2D eigenvalue weighted by atomic mass is 19.1. The molecule has 1 heterocycles. The van der Waals surface area contributed by atoms with Crippen molar-refractivity contribution in [3.8, 4) is 0 Å². The Balaban J connectivity index is 1.50. The van der Waals surface area contributed by atoms with Crippen LogP contribution in [0.2, 0.25) is 0 Å². The third-order valence-electron chi connectivity index (χ3n) is 4.19. The lowest BCUT2D eigenvalue weighted by molar-refractivity contribution is 0.252. The Morgan fingerprint density at radius 3 is 2.54 bits per heavy atom. The minimum absolute atomic E-state index is 0.293. The zero-order chi connectivity index (χ0) is 16.8. The third kappa shape index (κ3) is 4.25. The van der Waals surface area contributed by atoms with Gasteiger partial charge in [0.05, 0.1) is 5.69 Å². The summed E-state index contributed by atoms with van der Waals surface area (Å²) in [6, 6.07) is 14.5. The van der Waals surface area contributed by atoms with Gasteiger partial charge in [-0.05, 0) is 43.0 Å². The van der Waals surface area contributed by atoms with Gasteiger partial charge in [-0.15, -0.1) is 0 Å². The fourth-order valence-corrected chi connectivity index (χ4v) is 2.94. The molecule has 0 bridgehead atoms. The number of anilines is 2. The highest BCUT2D eigenvalue weighted by molar-refractivity contribution is 5.89. The number of hydrogen-bond donors (Lipinski definition) is 2. The molecule has 1 fully saturated rings. The van der Waals surface area contributed by atoms with Crippen molar-refractivity contribution in [2.24, 2.45) is 0 Å². The summed E-state index contributed by atoms with van der Waals surface area (Å²) >= 11 is 0. The summed E-state index contributed by atoms with van der Waals surface area (Å²) < 4.78 is 14.2. The van der Waals surface area contributed by atoms with Gasteiger partial charge in [0.15, 0.2) is 0 Å². The maximum absolute atomic E-state index is 14.2. The molecule has 0 aliphatic carbocycles. The standard InChI is InChI=1S/C19H22FN3O/c20-17-14-16(8-9-18(17)23-12-4-5-13-23)22-19(24)21-11-10-15-6-2-1-3-7-15/h1-3,6-9,14H,4-5,10-13H2,(H2,21,22,24). The van der Waals surface area contributed by atoms with E-state index in [2.05, 4.69) is 10.6 Å². The summed E-state index contributed by atoms with van der Waals surface area (Å²) in [4.78, 5) is 13.9. The molecule has 2 N–H and O–H groups in total. The van der Waals surface area contributed by atoms with Gasteiger partial charge in [0.2, 0.25) is 0 Å². The number of benzene rings is 2. The van der Waals surface area contributed by atoms with E-state index in [0.29, 0.717) is 17.9 Å². The van der Waals surface area contributed by atoms with Crippen LogP contribution in [0.3, 0.4) is 0 Å². The van der Waals surface area contributed by atoms with Crippen LogP contribution in [0, 0.1) is 5.82 Å². The van der Waals surface area contributed by atoms with E-state index in [1.807, 2.05) is 35.2 Å². The van der Waals surface area contributed by atoms with E-state index in [9.17, 15) is 9.18 Å². The van der Waals surface area contributed by atoms with Gasteiger partial charge in [-0.3, -0.25) is 0 Å². The zero-order valence-electron chi connectivity index (χ0n) is 13.6. The van der Waals surface area contributed by atoms with E-state index < -0.39 is 0 Å². The second-order valence-electron chi connectivity index (χ2n) is 5.98. The lowest BCUT2D eigenvalue weighted by Gasteiger charge is -2.19. The lowest BCUT2D eigenvalue weighted by atomic mass is 10.1. The first kappa shape index (κ1) is 16.3. The lowest BCUT2D eigenvalue weighted by Crippen LogP contribution is -2.30. The maximum atomic E-state index is 14.2. The fourth-order valence-electron chi connectivity index (χ4n) is 2.94. The van der Waals surface area contributed by atoms with Crippen molar-refractivity contribution in [1.82, 2.24) is 5.32 Å². The molecule has 1 aliphatic heterocycles. The predicted molar refractivity (Wildman–Crippen MR) is 95.0 cm³/mol. The quantitative estimate of drug-likeness (QED) is 0.877. The normalized spacial score (nSPS) is 13.8. The molecule has 0 saturated carbocycles. The van der Waals surface area contributed by atoms with Crippen LogP contribution in [0.4, 0.5) is 20.6 Å². The van der Waals surface area contributed by atoms with Crippen LogP contribution in [0.1, 0.15) is 18.4 Å². The van der Waals surface area contributed by atoms with Gasteiger partial charge in [-0.2, -0.15) is 0 Å². The first-order valence-corrected chi connectivity index (χ1v) is 8.35. The molecule has 1 saturated heterocycles. The Morgan fingerprint density at radius 1 is 1.08 bits per heavy atom. The molecule has 0 spiro atoms. The molecule has 0 unspecified atom stereocenters. The summed E-state index contributed by atoms with van der Waals surface area (Å²) in [5.41, 5.74) is 2.24. The Labute approximate surface area is 141 Å². The summed E-state index contributed by atoms with van der Waals surface area (Å²) in [7, 11) is 0. The van der Waals surface area contributed by atoms with Crippen LogP contribution in [0.25, 0.3) is 0 Å². The molecule has 4 nitrogen and oxygen atoms in total. The molecule has 1 aliphatic rings. The van der Waals surface area contributed by atoms with E-state index >= 15 is 0 Å². The summed E-state index contributed by atoms with van der Waals surface area (Å²) in [5, 5.41) is 5.46. The minimum Gasteiger partial charge on any atom is -0.369 e. The molecule has 24 heavy (non-hydrogen) atoms. The number of carbonyl (C=O) groups excluding carboxylic acids is 1. The van der Waals surface area contributed by atoms with E-state index in [4.69, 9.17) is 0 Å². The monoisotopic (exact) mass is 327 g/mol. The molecule has 2 aromatic carbocycles. The molecule has 3 rings (SSSR count). The second kappa shape index (κ2) is 7.81. The highest BCUT2D eigenvalue weighted by Gasteiger charge is 2.16. The van der Waals surface area contributed by atoms with E-state index in [0.717, 1.165) is 32.4 Å². The molecule has 0 aromatic heterocycles. The van der Waals surface area contributed by atoms with Crippen molar-refractivity contribution in [3.05, 3.63) is 59.9 Å². The first-order valence-electron chi connectivity index (χ1n) is 8.35. The third-order valence-corrected chi connectivity index (χ3v) is 4.19. The molecule has 126 valence electrons. The Bertz CT molecular complexity index is 684. The van der Waals surface area contributed by atoms with Crippen LogP contribution >= 0.6 is 0 Å². The number of nitrogens with zero attached hydrogens (tertiary/aromatic N) is 1. The largest absolute Gasteiger partial charge is 0.369 e. The number of amides is 2. The summed E-state index contributed by atoms with van der Waals surface area (Å²) in [6.07, 6.45) is 2.96. The zero-order valence-corrected chi connectivity index (χ0v) is 13.6. The van der Waals surface area contributed by atoms with Gasteiger partial charge < -0.3 is 15.5 Å². The smallest absolute Gasteiger partial charge is 0.319 e. The van der Waals surface area contributed by atoms with Crippen LogP contribution in [0.15, 0.2) is 48.5 Å². The maximum Gasteiger partial charge on any atom is 0.319 e. The van der Waals surface area contributed by atoms with E-state index in [1.54, 1.807) is 12.1 Å². The number of halogens is 1. The number of carbonyl (C=O) groups is 1. The molecular formula is C19H22FN3O. The number of urea groups is 1. The molecule has 0 radical (unpaired) electrons. The Morgan fingerprint density at radius 2 is 1.83 bits per heavy atom. The molecule has 2 aromatic rings. The van der Waals surface area contributed by atoms with Gasteiger partial charge >= 0.3 is 6.03 Å². The van der Waals surface area contributed by atoms with Crippen molar-refractivity contribution in [2.45, 2.75) is 19.3 Å². The first-order chi connectivity index (χ1) is 11.7. The van der Waals surface area contributed by atoms with Crippen LogP contribution in [-0.4, -0.2) is 25.7 Å². The van der Waals surface area contributed by atoms with Crippen molar-refractivity contribution in [2.75, 3.05) is 29.9 Å². The number of hydrogen-bond acceptors (Lipinski definition) is 2. The highest BCUT2D eigenvalue weighted by Crippen LogP contribution is 2.25. The molecule has 2 amide bonds. The van der Waals surface area contributed by atoms with Gasteiger partial charge in [0.25, 0.3) is 0 Å². The molecular weight excluding hydrogens is 305 g/mol. The number of nitrogens with one attached hydrogen (secondary N) is 2.